The molecule has 22 heavy (non-hydrogen) atoms. The van der Waals surface area contributed by atoms with Crippen LogP contribution in [0.4, 0.5) is 5.69 Å². The number of aromatic carboxylic acids is 1. The van der Waals surface area contributed by atoms with Crippen molar-refractivity contribution >= 4 is 23.5 Å². The molecule has 1 fully saturated rings. The SMILES string of the molecule is CC1=C[C@@H](C)[C@H]2C(=O)N(c3ccc(C(=O)[O-])cc3)C(=O)[C@H]2C1. The van der Waals surface area contributed by atoms with Gasteiger partial charge in [-0.1, -0.05) is 30.7 Å². The molecule has 3 rings (SSSR count). The van der Waals surface area contributed by atoms with Crippen molar-refractivity contribution < 1.29 is 19.5 Å². The standard InChI is InChI=1S/C17H17NO4/c1-9-7-10(2)14-13(8-9)15(19)18(16(14)20)12-5-3-11(4-6-12)17(21)22/h3-7,10,13-14H,8H2,1-2H3,(H,21,22)/p-1/t10-,13+,14-/m1/s1. The van der Waals surface area contributed by atoms with Crippen LogP contribution in [-0.4, -0.2) is 17.8 Å². The van der Waals surface area contributed by atoms with E-state index in [1.807, 2.05) is 13.8 Å². The molecule has 1 aromatic carbocycles. The van der Waals surface area contributed by atoms with Crippen LogP contribution >= 0.6 is 0 Å². The number of carboxylic acid groups (broad SMARTS) is 1. The predicted octanol–water partition coefficient (Wildman–Crippen LogP) is 1.14. The van der Waals surface area contributed by atoms with Gasteiger partial charge in [-0.15, -0.1) is 0 Å². The molecule has 2 aliphatic rings. The predicted molar refractivity (Wildman–Crippen MR) is 77.8 cm³/mol. The Labute approximate surface area is 128 Å². The molecule has 0 saturated carbocycles. The van der Waals surface area contributed by atoms with Crippen molar-refractivity contribution in [2.24, 2.45) is 17.8 Å². The smallest absolute Gasteiger partial charge is 0.238 e. The van der Waals surface area contributed by atoms with Gasteiger partial charge in [-0.3, -0.25) is 14.5 Å². The minimum absolute atomic E-state index is 0.0196. The Morgan fingerprint density at radius 3 is 2.41 bits per heavy atom. The van der Waals surface area contributed by atoms with E-state index in [1.165, 1.54) is 29.2 Å². The molecule has 1 aromatic rings. The van der Waals surface area contributed by atoms with Gasteiger partial charge in [0.25, 0.3) is 0 Å². The average Bonchev–Trinajstić information content (AvgIpc) is 2.70. The third-order valence-electron chi connectivity index (χ3n) is 4.49. The minimum Gasteiger partial charge on any atom is -0.545 e. The normalized spacial score (nSPS) is 27.6. The molecule has 5 nitrogen and oxygen atoms in total. The number of allylic oxidation sites excluding steroid dienone is 2. The molecule has 0 radical (unpaired) electrons. The van der Waals surface area contributed by atoms with Crippen LogP contribution in [0.1, 0.15) is 30.6 Å². The van der Waals surface area contributed by atoms with Gasteiger partial charge in [0.1, 0.15) is 0 Å². The fourth-order valence-corrected chi connectivity index (χ4v) is 3.52. The zero-order valence-corrected chi connectivity index (χ0v) is 12.4. The van der Waals surface area contributed by atoms with Gasteiger partial charge in [-0.2, -0.15) is 0 Å². The second-order valence-corrected chi connectivity index (χ2v) is 6.05. The molecule has 0 bridgehead atoms. The molecule has 0 aromatic heterocycles. The van der Waals surface area contributed by atoms with Gasteiger partial charge < -0.3 is 9.90 Å². The molecule has 1 saturated heterocycles. The molecule has 0 spiro atoms. The Bertz CT molecular complexity index is 689. The molecule has 1 aliphatic carbocycles. The van der Waals surface area contributed by atoms with Crippen molar-refractivity contribution in [3.63, 3.8) is 0 Å². The lowest BCUT2D eigenvalue weighted by atomic mass is 9.76. The zero-order chi connectivity index (χ0) is 16.0. The second kappa shape index (κ2) is 5.09. The maximum atomic E-state index is 12.6. The first-order chi connectivity index (χ1) is 10.4. The van der Waals surface area contributed by atoms with E-state index in [0.29, 0.717) is 12.1 Å². The van der Waals surface area contributed by atoms with Gasteiger partial charge in [0, 0.05) is 0 Å². The number of carboxylic acids is 1. The van der Waals surface area contributed by atoms with E-state index in [-0.39, 0.29) is 35.1 Å². The number of amides is 2. The summed E-state index contributed by atoms with van der Waals surface area (Å²) in [6, 6.07) is 5.65. The van der Waals surface area contributed by atoms with Crippen molar-refractivity contribution in [3.05, 3.63) is 41.5 Å². The van der Waals surface area contributed by atoms with Crippen molar-refractivity contribution in [2.75, 3.05) is 4.90 Å². The van der Waals surface area contributed by atoms with Crippen LogP contribution in [0.5, 0.6) is 0 Å². The van der Waals surface area contributed by atoms with E-state index in [0.717, 1.165) is 5.57 Å². The molecule has 0 N–H and O–H groups in total. The largest absolute Gasteiger partial charge is 0.545 e. The number of nitrogens with zero attached hydrogens (tertiary/aromatic N) is 1. The fraction of sp³-hybridized carbons (Fsp3) is 0.353. The summed E-state index contributed by atoms with van der Waals surface area (Å²) in [6.45, 7) is 3.93. The first-order valence-corrected chi connectivity index (χ1v) is 7.26. The zero-order valence-electron chi connectivity index (χ0n) is 12.4. The van der Waals surface area contributed by atoms with E-state index in [2.05, 4.69) is 6.08 Å². The van der Waals surface area contributed by atoms with Gasteiger partial charge in [0.15, 0.2) is 0 Å². The number of carbonyl (C=O) groups is 3. The Kier molecular flexibility index (Phi) is 3.35. The number of hydrogen-bond acceptors (Lipinski definition) is 4. The molecular formula is C17H16NO4-. The highest BCUT2D eigenvalue weighted by Crippen LogP contribution is 2.42. The van der Waals surface area contributed by atoms with Gasteiger partial charge in [0.2, 0.25) is 11.8 Å². The van der Waals surface area contributed by atoms with Gasteiger partial charge in [0.05, 0.1) is 23.5 Å². The van der Waals surface area contributed by atoms with E-state index in [1.54, 1.807) is 0 Å². The highest BCUT2D eigenvalue weighted by molar-refractivity contribution is 6.22. The Hall–Kier alpha value is -2.43. The summed E-state index contributed by atoms with van der Waals surface area (Å²) in [7, 11) is 0. The summed E-state index contributed by atoms with van der Waals surface area (Å²) < 4.78 is 0. The van der Waals surface area contributed by atoms with Crippen molar-refractivity contribution in [1.29, 1.82) is 0 Å². The quantitative estimate of drug-likeness (QED) is 0.606. The summed E-state index contributed by atoms with van der Waals surface area (Å²) in [6.07, 6.45) is 2.66. The number of fused-ring (bicyclic) bond motifs is 1. The van der Waals surface area contributed by atoms with Crippen molar-refractivity contribution in [1.82, 2.24) is 0 Å². The topological polar surface area (TPSA) is 77.5 Å². The summed E-state index contributed by atoms with van der Waals surface area (Å²) in [5, 5.41) is 10.8. The molecule has 3 atom stereocenters. The van der Waals surface area contributed by atoms with Crippen LogP contribution in [0, 0.1) is 17.8 Å². The third kappa shape index (κ3) is 2.13. The number of carbonyl (C=O) groups excluding carboxylic acids is 3. The molecule has 0 unspecified atom stereocenters. The van der Waals surface area contributed by atoms with Crippen LogP contribution in [0.3, 0.4) is 0 Å². The van der Waals surface area contributed by atoms with E-state index in [4.69, 9.17) is 0 Å². The summed E-state index contributed by atoms with van der Waals surface area (Å²) in [5.41, 5.74) is 1.56. The second-order valence-electron chi connectivity index (χ2n) is 6.05. The fourth-order valence-electron chi connectivity index (χ4n) is 3.52. The van der Waals surface area contributed by atoms with Crippen LogP contribution in [-0.2, 0) is 9.59 Å². The Balaban J connectivity index is 1.94. The molecular weight excluding hydrogens is 282 g/mol. The van der Waals surface area contributed by atoms with Crippen LogP contribution in [0.15, 0.2) is 35.9 Å². The van der Waals surface area contributed by atoms with Gasteiger partial charge in [-0.05, 0) is 37.0 Å². The van der Waals surface area contributed by atoms with E-state index >= 15 is 0 Å². The Morgan fingerprint density at radius 1 is 1.18 bits per heavy atom. The third-order valence-corrected chi connectivity index (χ3v) is 4.49. The monoisotopic (exact) mass is 298 g/mol. The molecule has 5 heteroatoms. The molecule has 114 valence electrons. The summed E-state index contributed by atoms with van der Waals surface area (Å²) >= 11 is 0. The number of imide groups is 1. The van der Waals surface area contributed by atoms with Crippen LogP contribution in [0.25, 0.3) is 0 Å². The van der Waals surface area contributed by atoms with Crippen molar-refractivity contribution in [3.8, 4) is 0 Å². The van der Waals surface area contributed by atoms with Crippen LogP contribution in [0.2, 0.25) is 0 Å². The Morgan fingerprint density at radius 2 is 1.82 bits per heavy atom. The van der Waals surface area contributed by atoms with E-state index < -0.39 is 5.97 Å². The minimum atomic E-state index is -1.28. The van der Waals surface area contributed by atoms with Crippen molar-refractivity contribution in [2.45, 2.75) is 20.3 Å². The molecule has 2 amide bonds. The highest BCUT2D eigenvalue weighted by Gasteiger charge is 2.51. The summed E-state index contributed by atoms with van der Waals surface area (Å²) in [5.74, 6) is -2.29. The van der Waals surface area contributed by atoms with E-state index in [9.17, 15) is 19.5 Å². The lowest BCUT2D eigenvalue weighted by Gasteiger charge is -2.25. The maximum absolute atomic E-state index is 12.6. The molecule has 1 heterocycles. The number of rotatable bonds is 2. The highest BCUT2D eigenvalue weighted by atomic mass is 16.4. The van der Waals surface area contributed by atoms with Crippen LogP contribution < -0.4 is 10.0 Å². The van der Waals surface area contributed by atoms with Gasteiger partial charge in [-0.25, -0.2) is 0 Å². The average molecular weight is 298 g/mol. The number of benzene rings is 1. The maximum Gasteiger partial charge on any atom is 0.238 e. The van der Waals surface area contributed by atoms with Gasteiger partial charge >= 0.3 is 0 Å². The lowest BCUT2D eigenvalue weighted by molar-refractivity contribution is -0.255. The molecule has 1 aliphatic heterocycles. The number of hydrogen-bond donors (Lipinski definition) is 0. The summed E-state index contributed by atoms with van der Waals surface area (Å²) in [4.78, 5) is 37.2. The lowest BCUT2D eigenvalue weighted by Crippen LogP contribution is -2.31. The first kappa shape index (κ1) is 14.5. The number of anilines is 1. The first-order valence-electron chi connectivity index (χ1n) is 7.26.